The first kappa shape index (κ1) is 15.9. The number of aryl methyl sites for hydroxylation is 1. The molecular weight excluding hydrogens is 338 g/mol. The van der Waals surface area contributed by atoms with Crippen molar-refractivity contribution in [3.05, 3.63) is 75.7 Å². The van der Waals surface area contributed by atoms with Crippen molar-refractivity contribution in [1.29, 1.82) is 0 Å². The highest BCUT2D eigenvalue weighted by Gasteiger charge is 2.17. The number of H-pyrrole nitrogens is 2. The third-order valence-corrected chi connectivity index (χ3v) is 5.37. The van der Waals surface area contributed by atoms with Crippen molar-refractivity contribution in [2.24, 2.45) is 0 Å². The van der Waals surface area contributed by atoms with Gasteiger partial charge >= 0.3 is 0 Å². The van der Waals surface area contributed by atoms with Gasteiger partial charge in [-0.05, 0) is 55.5 Å². The molecule has 0 radical (unpaired) electrons. The van der Waals surface area contributed by atoms with Gasteiger partial charge in [0.1, 0.15) is 5.69 Å². The van der Waals surface area contributed by atoms with Gasteiger partial charge in [0.2, 0.25) is 0 Å². The average molecular weight is 357 g/mol. The van der Waals surface area contributed by atoms with Crippen LogP contribution in [0.1, 0.15) is 34.5 Å². The molecule has 0 saturated carbocycles. The molecule has 0 aliphatic heterocycles. The first-order chi connectivity index (χ1) is 13.2. The number of aromatic nitrogens is 2. The molecule has 1 aliphatic rings. The molecule has 0 spiro atoms. The second-order valence-corrected chi connectivity index (χ2v) is 7.10. The normalized spacial score (nSPS) is 13.6. The third-order valence-electron chi connectivity index (χ3n) is 5.37. The van der Waals surface area contributed by atoms with E-state index in [1.54, 1.807) is 0 Å². The van der Waals surface area contributed by atoms with Crippen LogP contribution in [-0.4, -0.2) is 15.9 Å². The van der Waals surface area contributed by atoms with E-state index >= 15 is 0 Å². The first-order valence-corrected chi connectivity index (χ1v) is 9.26. The number of anilines is 1. The number of hydrogen-bond donors (Lipinski definition) is 3. The van der Waals surface area contributed by atoms with Gasteiger partial charge in [-0.1, -0.05) is 24.3 Å². The van der Waals surface area contributed by atoms with Gasteiger partial charge in [-0.25, -0.2) is 0 Å². The molecule has 5 nitrogen and oxygen atoms in total. The molecule has 1 aliphatic carbocycles. The number of carbonyl (C=O) groups excluding carboxylic acids is 1. The van der Waals surface area contributed by atoms with Gasteiger partial charge in [0.05, 0.1) is 5.52 Å². The molecule has 2 heterocycles. The molecule has 3 N–H and O–H groups in total. The van der Waals surface area contributed by atoms with Crippen LogP contribution in [0.4, 0.5) is 5.69 Å². The Kier molecular flexibility index (Phi) is 3.60. The van der Waals surface area contributed by atoms with E-state index in [4.69, 9.17) is 0 Å². The third kappa shape index (κ3) is 2.72. The van der Waals surface area contributed by atoms with E-state index in [0.29, 0.717) is 11.4 Å². The quantitative estimate of drug-likeness (QED) is 0.504. The number of amides is 1. The number of carbonyl (C=O) groups is 1. The van der Waals surface area contributed by atoms with E-state index in [0.717, 1.165) is 58.6 Å². The highest BCUT2D eigenvalue weighted by molar-refractivity contribution is 6.06. The summed E-state index contributed by atoms with van der Waals surface area (Å²) in [5.74, 6) is -0.203. The largest absolute Gasteiger partial charge is 0.351 e. The number of rotatable bonds is 2. The van der Waals surface area contributed by atoms with Crippen LogP contribution < -0.4 is 10.9 Å². The summed E-state index contributed by atoms with van der Waals surface area (Å²) in [6, 6.07) is 15.4. The van der Waals surface area contributed by atoms with Crippen LogP contribution in [0.15, 0.2) is 53.3 Å². The number of nitrogens with one attached hydrogen (secondary N) is 3. The maximum Gasteiger partial charge on any atom is 0.272 e. The lowest BCUT2D eigenvalue weighted by Crippen LogP contribution is -2.19. The fraction of sp³-hybridized carbons (Fsp3) is 0.182. The molecule has 0 atom stereocenters. The van der Waals surface area contributed by atoms with Crippen molar-refractivity contribution in [3.8, 4) is 0 Å². The maximum absolute atomic E-state index is 12.6. The van der Waals surface area contributed by atoms with Crippen molar-refractivity contribution in [3.63, 3.8) is 0 Å². The Hall–Kier alpha value is -3.34. The molecule has 2 aromatic heterocycles. The average Bonchev–Trinajstić information content (AvgIpc) is 3.12. The smallest absolute Gasteiger partial charge is 0.272 e. The van der Waals surface area contributed by atoms with Gasteiger partial charge in [0.15, 0.2) is 0 Å². The standard InChI is InChI=1S/C22H19N3O2/c26-21-17-7-3-2-6-15(17)16-10-9-14(12-19(16)25-21)23-22(27)20-11-13-5-1-4-8-18(13)24-20/h1,4-5,8-12,24H,2-3,6-7H2,(H,23,27)(H,25,26). The minimum atomic E-state index is -0.203. The van der Waals surface area contributed by atoms with E-state index in [2.05, 4.69) is 15.3 Å². The van der Waals surface area contributed by atoms with Crippen LogP contribution in [-0.2, 0) is 12.8 Å². The minimum Gasteiger partial charge on any atom is -0.351 e. The number of hydrogen-bond acceptors (Lipinski definition) is 2. The van der Waals surface area contributed by atoms with Crippen molar-refractivity contribution in [2.75, 3.05) is 5.32 Å². The molecule has 4 aromatic rings. The van der Waals surface area contributed by atoms with Crippen molar-refractivity contribution >= 4 is 33.4 Å². The lowest BCUT2D eigenvalue weighted by atomic mass is 9.90. The highest BCUT2D eigenvalue weighted by atomic mass is 16.2. The molecule has 134 valence electrons. The lowest BCUT2D eigenvalue weighted by molar-refractivity contribution is 0.102. The van der Waals surface area contributed by atoms with Gasteiger partial charge in [0.25, 0.3) is 11.5 Å². The minimum absolute atomic E-state index is 0.00343. The molecule has 5 heteroatoms. The van der Waals surface area contributed by atoms with Gasteiger partial charge in [-0.15, -0.1) is 0 Å². The summed E-state index contributed by atoms with van der Waals surface area (Å²) in [5.41, 5.74) is 4.95. The summed E-state index contributed by atoms with van der Waals surface area (Å²) in [6.07, 6.45) is 3.97. The molecule has 27 heavy (non-hydrogen) atoms. The molecule has 0 unspecified atom stereocenters. The highest BCUT2D eigenvalue weighted by Crippen LogP contribution is 2.27. The maximum atomic E-state index is 12.6. The number of pyridine rings is 1. The number of aromatic amines is 2. The molecule has 2 aromatic carbocycles. The fourth-order valence-corrected chi connectivity index (χ4v) is 4.03. The Balaban J connectivity index is 1.50. The summed E-state index contributed by atoms with van der Waals surface area (Å²) in [5, 5.41) is 4.99. The van der Waals surface area contributed by atoms with Crippen molar-refractivity contribution in [2.45, 2.75) is 25.7 Å². The van der Waals surface area contributed by atoms with Gasteiger partial charge in [0, 0.05) is 27.5 Å². The molecule has 0 bridgehead atoms. The Bertz CT molecular complexity index is 1220. The summed E-state index contributed by atoms with van der Waals surface area (Å²) in [7, 11) is 0. The van der Waals surface area contributed by atoms with Gasteiger partial charge in [-0.2, -0.15) is 0 Å². The summed E-state index contributed by atoms with van der Waals surface area (Å²) in [6.45, 7) is 0. The predicted molar refractivity (Wildman–Crippen MR) is 107 cm³/mol. The van der Waals surface area contributed by atoms with Crippen molar-refractivity contribution in [1.82, 2.24) is 9.97 Å². The predicted octanol–water partition coefficient (Wildman–Crippen LogP) is 4.14. The van der Waals surface area contributed by atoms with Gasteiger partial charge < -0.3 is 15.3 Å². The van der Waals surface area contributed by atoms with E-state index in [-0.39, 0.29) is 11.5 Å². The summed E-state index contributed by atoms with van der Waals surface area (Å²) >= 11 is 0. The number of fused-ring (bicyclic) bond motifs is 4. The SMILES string of the molecule is O=C(Nc1ccc2c3c(c(=O)[nH]c2c1)CCCC3)c1cc2ccccc2[nH]1. The Labute approximate surface area is 155 Å². The zero-order chi connectivity index (χ0) is 18.4. The van der Waals surface area contributed by atoms with Crippen LogP contribution in [0, 0.1) is 0 Å². The van der Waals surface area contributed by atoms with Gasteiger partial charge in [-0.3, -0.25) is 9.59 Å². The second kappa shape index (κ2) is 6.13. The van der Waals surface area contributed by atoms with Crippen LogP contribution >= 0.6 is 0 Å². The Morgan fingerprint density at radius 2 is 1.70 bits per heavy atom. The van der Waals surface area contributed by atoms with Crippen LogP contribution in [0.25, 0.3) is 21.8 Å². The van der Waals surface area contributed by atoms with Crippen molar-refractivity contribution < 1.29 is 4.79 Å². The molecular formula is C22H19N3O2. The summed E-state index contributed by atoms with van der Waals surface area (Å²) < 4.78 is 0. The number of benzene rings is 2. The van der Waals surface area contributed by atoms with Crippen LogP contribution in [0.2, 0.25) is 0 Å². The lowest BCUT2D eigenvalue weighted by Gasteiger charge is -2.17. The molecule has 0 saturated heterocycles. The van der Waals surface area contributed by atoms with E-state index in [1.165, 1.54) is 0 Å². The van der Waals surface area contributed by atoms with E-state index < -0.39 is 0 Å². The van der Waals surface area contributed by atoms with Crippen LogP contribution in [0.3, 0.4) is 0 Å². The Morgan fingerprint density at radius 3 is 2.56 bits per heavy atom. The first-order valence-electron chi connectivity index (χ1n) is 9.26. The number of para-hydroxylation sites is 1. The molecule has 1 amide bonds. The topological polar surface area (TPSA) is 77.8 Å². The van der Waals surface area contributed by atoms with E-state index in [9.17, 15) is 9.59 Å². The molecule has 5 rings (SSSR count). The monoisotopic (exact) mass is 357 g/mol. The zero-order valence-electron chi connectivity index (χ0n) is 14.8. The zero-order valence-corrected chi connectivity index (χ0v) is 14.8. The second-order valence-electron chi connectivity index (χ2n) is 7.10. The van der Waals surface area contributed by atoms with Crippen LogP contribution in [0.5, 0.6) is 0 Å². The Morgan fingerprint density at radius 1 is 0.889 bits per heavy atom. The molecule has 0 fully saturated rings. The summed E-state index contributed by atoms with van der Waals surface area (Å²) in [4.78, 5) is 31.1. The fourth-order valence-electron chi connectivity index (χ4n) is 4.03. The van der Waals surface area contributed by atoms with E-state index in [1.807, 2.05) is 48.5 Å².